The van der Waals surface area contributed by atoms with Gasteiger partial charge in [-0.1, -0.05) is 5.16 Å². The van der Waals surface area contributed by atoms with Gasteiger partial charge in [0.05, 0.1) is 19.3 Å². The molecule has 0 aromatic carbocycles. The van der Waals surface area contributed by atoms with Gasteiger partial charge in [-0.25, -0.2) is 0 Å². The highest BCUT2D eigenvalue weighted by molar-refractivity contribution is 5.03. The molecule has 0 radical (unpaired) electrons. The zero-order chi connectivity index (χ0) is 7.52. The molecule has 1 saturated heterocycles. The largest absolute Gasteiger partial charge is 0.378 e. The van der Waals surface area contributed by atoms with Crippen molar-refractivity contribution < 1.29 is 9.26 Å². The second-order valence-corrected chi connectivity index (χ2v) is 2.51. The summed E-state index contributed by atoms with van der Waals surface area (Å²) in [7, 11) is 0. The van der Waals surface area contributed by atoms with Crippen LogP contribution in [-0.4, -0.2) is 24.9 Å². The minimum atomic E-state index is 0.211. The first-order valence-corrected chi connectivity index (χ1v) is 3.68. The van der Waals surface area contributed by atoms with Crippen LogP contribution in [0.5, 0.6) is 0 Å². The molecule has 1 aliphatic rings. The molecule has 4 nitrogen and oxygen atoms in total. The molecule has 1 aromatic rings. The average molecular weight is 154 g/mol. The van der Waals surface area contributed by atoms with Crippen LogP contribution in [0.2, 0.25) is 0 Å². The molecule has 0 bridgehead atoms. The first kappa shape index (κ1) is 6.82. The molecule has 60 valence electrons. The van der Waals surface area contributed by atoms with Crippen LogP contribution in [0.15, 0.2) is 16.9 Å². The first-order chi connectivity index (χ1) is 5.47. The summed E-state index contributed by atoms with van der Waals surface area (Å²) in [5.41, 5.74) is 0.921. The number of morpholine rings is 1. The summed E-state index contributed by atoms with van der Waals surface area (Å²) in [6.07, 6.45) is 1.58. The molecule has 1 N–H and O–H groups in total. The number of nitrogens with zero attached hydrogens (tertiary/aromatic N) is 1. The smallest absolute Gasteiger partial charge is 0.124 e. The molecule has 2 heterocycles. The number of ether oxygens (including phenoxy) is 1. The van der Waals surface area contributed by atoms with Crippen molar-refractivity contribution in [2.75, 3.05) is 19.8 Å². The fraction of sp³-hybridized carbons (Fsp3) is 0.571. The van der Waals surface area contributed by atoms with Gasteiger partial charge in [0.15, 0.2) is 0 Å². The van der Waals surface area contributed by atoms with E-state index in [-0.39, 0.29) is 6.04 Å². The maximum Gasteiger partial charge on any atom is 0.124 e. The normalized spacial score (nSPS) is 25.3. The molecular weight excluding hydrogens is 144 g/mol. The molecule has 2 rings (SSSR count). The monoisotopic (exact) mass is 154 g/mol. The Morgan fingerprint density at radius 1 is 1.64 bits per heavy atom. The Balaban J connectivity index is 2.04. The van der Waals surface area contributed by atoms with Gasteiger partial charge in [0, 0.05) is 12.6 Å². The van der Waals surface area contributed by atoms with E-state index in [0.29, 0.717) is 6.61 Å². The molecule has 0 aliphatic carbocycles. The Labute approximate surface area is 64.5 Å². The molecule has 11 heavy (non-hydrogen) atoms. The molecule has 4 heteroatoms. The first-order valence-electron chi connectivity index (χ1n) is 3.68. The lowest BCUT2D eigenvalue weighted by Crippen LogP contribution is -2.34. The van der Waals surface area contributed by atoms with Gasteiger partial charge in [0.25, 0.3) is 0 Å². The summed E-state index contributed by atoms with van der Waals surface area (Å²) in [6.45, 7) is 2.36. The van der Waals surface area contributed by atoms with Crippen LogP contribution in [0, 0.1) is 0 Å². The maximum absolute atomic E-state index is 5.26. The highest BCUT2D eigenvalue weighted by Crippen LogP contribution is 2.12. The number of hydrogen-bond acceptors (Lipinski definition) is 4. The Morgan fingerprint density at radius 3 is 3.27 bits per heavy atom. The van der Waals surface area contributed by atoms with E-state index in [1.165, 1.54) is 0 Å². The second-order valence-electron chi connectivity index (χ2n) is 2.51. The summed E-state index contributed by atoms with van der Waals surface area (Å²) in [5.74, 6) is 0. The minimum Gasteiger partial charge on any atom is -0.378 e. The third-order valence-electron chi connectivity index (χ3n) is 1.74. The zero-order valence-corrected chi connectivity index (χ0v) is 6.12. The highest BCUT2D eigenvalue weighted by atomic mass is 16.5. The van der Waals surface area contributed by atoms with E-state index >= 15 is 0 Å². The van der Waals surface area contributed by atoms with Crippen molar-refractivity contribution in [2.24, 2.45) is 0 Å². The van der Waals surface area contributed by atoms with Gasteiger partial charge >= 0.3 is 0 Å². The lowest BCUT2D eigenvalue weighted by Gasteiger charge is -2.21. The van der Waals surface area contributed by atoms with Gasteiger partial charge in [-0.05, 0) is 0 Å². The van der Waals surface area contributed by atoms with Gasteiger partial charge in [-0.2, -0.15) is 0 Å². The lowest BCUT2D eigenvalue weighted by molar-refractivity contribution is 0.0745. The van der Waals surface area contributed by atoms with Crippen molar-refractivity contribution in [1.82, 2.24) is 10.5 Å². The van der Waals surface area contributed by atoms with E-state index in [1.54, 1.807) is 6.26 Å². The van der Waals surface area contributed by atoms with E-state index in [9.17, 15) is 0 Å². The predicted molar refractivity (Wildman–Crippen MR) is 38.1 cm³/mol. The molecule has 0 saturated carbocycles. The van der Waals surface area contributed by atoms with E-state index in [1.807, 2.05) is 6.07 Å². The number of aromatic nitrogens is 1. The fourth-order valence-electron chi connectivity index (χ4n) is 1.16. The van der Waals surface area contributed by atoms with Crippen LogP contribution in [0.3, 0.4) is 0 Å². The van der Waals surface area contributed by atoms with Gasteiger partial charge in [0.2, 0.25) is 0 Å². The Hall–Kier alpha value is -0.870. The molecule has 1 fully saturated rings. The molecule has 1 unspecified atom stereocenters. The summed E-state index contributed by atoms with van der Waals surface area (Å²) in [5, 5.41) is 7.10. The summed E-state index contributed by atoms with van der Waals surface area (Å²) < 4.78 is 9.98. The van der Waals surface area contributed by atoms with Crippen LogP contribution < -0.4 is 5.32 Å². The Bertz CT molecular complexity index is 204. The van der Waals surface area contributed by atoms with Crippen LogP contribution in [-0.2, 0) is 4.74 Å². The maximum atomic E-state index is 5.26. The number of nitrogens with one attached hydrogen (secondary N) is 1. The minimum absolute atomic E-state index is 0.211. The molecule has 0 spiro atoms. The SMILES string of the molecule is c1cc(C2COCCN2)no1. The van der Waals surface area contributed by atoms with Crippen molar-refractivity contribution in [3.63, 3.8) is 0 Å². The Kier molecular flexibility index (Phi) is 1.87. The van der Waals surface area contributed by atoms with Crippen LogP contribution in [0.4, 0.5) is 0 Å². The zero-order valence-electron chi connectivity index (χ0n) is 6.12. The molecule has 1 atom stereocenters. The van der Waals surface area contributed by atoms with Crippen molar-refractivity contribution in [3.05, 3.63) is 18.0 Å². The van der Waals surface area contributed by atoms with Gasteiger partial charge in [0.1, 0.15) is 12.0 Å². The van der Waals surface area contributed by atoms with Crippen LogP contribution >= 0.6 is 0 Å². The van der Waals surface area contributed by atoms with E-state index in [0.717, 1.165) is 18.8 Å². The molecule has 1 aliphatic heterocycles. The van der Waals surface area contributed by atoms with Gasteiger partial charge in [-0.15, -0.1) is 0 Å². The summed E-state index contributed by atoms with van der Waals surface area (Å²) in [6, 6.07) is 2.06. The van der Waals surface area contributed by atoms with E-state index in [4.69, 9.17) is 9.26 Å². The van der Waals surface area contributed by atoms with E-state index < -0.39 is 0 Å². The Morgan fingerprint density at radius 2 is 2.64 bits per heavy atom. The van der Waals surface area contributed by atoms with Gasteiger partial charge < -0.3 is 14.6 Å². The van der Waals surface area contributed by atoms with Gasteiger partial charge in [-0.3, -0.25) is 0 Å². The third kappa shape index (κ3) is 1.41. The number of rotatable bonds is 1. The highest BCUT2D eigenvalue weighted by Gasteiger charge is 2.16. The standard InChI is InChI=1S/C7H10N2O2/c1-3-11-9-6(1)7-5-10-4-2-8-7/h1,3,7-8H,2,4-5H2. The molecule has 0 amide bonds. The van der Waals surface area contributed by atoms with Crippen molar-refractivity contribution >= 4 is 0 Å². The topological polar surface area (TPSA) is 47.3 Å². The molecule has 1 aromatic heterocycles. The third-order valence-corrected chi connectivity index (χ3v) is 1.74. The predicted octanol–water partition coefficient (Wildman–Crippen LogP) is 0.335. The second kappa shape index (κ2) is 3.02. The quantitative estimate of drug-likeness (QED) is 0.633. The molecular formula is C7H10N2O2. The van der Waals surface area contributed by atoms with Crippen LogP contribution in [0.1, 0.15) is 11.7 Å². The van der Waals surface area contributed by atoms with Crippen LogP contribution in [0.25, 0.3) is 0 Å². The van der Waals surface area contributed by atoms with Crippen molar-refractivity contribution in [2.45, 2.75) is 6.04 Å². The number of hydrogen-bond donors (Lipinski definition) is 1. The summed E-state index contributed by atoms with van der Waals surface area (Å²) in [4.78, 5) is 0. The average Bonchev–Trinajstić information content (AvgIpc) is 2.58. The van der Waals surface area contributed by atoms with Crippen molar-refractivity contribution in [1.29, 1.82) is 0 Å². The lowest BCUT2D eigenvalue weighted by atomic mass is 10.2. The van der Waals surface area contributed by atoms with E-state index in [2.05, 4.69) is 10.5 Å². The van der Waals surface area contributed by atoms with Crippen molar-refractivity contribution in [3.8, 4) is 0 Å². The fourth-order valence-corrected chi connectivity index (χ4v) is 1.16. The summed E-state index contributed by atoms with van der Waals surface area (Å²) >= 11 is 0.